The minimum atomic E-state index is -0.128. The van der Waals surface area contributed by atoms with Crippen LogP contribution in [0.25, 0.3) is 0 Å². The lowest BCUT2D eigenvalue weighted by Gasteiger charge is -2.22. The average molecular weight is 287 g/mol. The molecule has 1 heterocycles. The van der Waals surface area contributed by atoms with E-state index >= 15 is 0 Å². The van der Waals surface area contributed by atoms with Gasteiger partial charge in [-0.1, -0.05) is 42.7 Å². The number of rotatable bonds is 3. The Balaban J connectivity index is 1.67. The van der Waals surface area contributed by atoms with Gasteiger partial charge in [-0.2, -0.15) is 0 Å². The number of benzene rings is 1. The Kier molecular flexibility index (Phi) is 4.06. The zero-order valence-corrected chi connectivity index (χ0v) is 12.0. The molecule has 20 heavy (non-hydrogen) atoms. The Morgan fingerprint density at radius 1 is 1.15 bits per heavy atom. The van der Waals surface area contributed by atoms with Gasteiger partial charge in [0, 0.05) is 5.56 Å². The van der Waals surface area contributed by atoms with E-state index in [1.54, 1.807) is 5.51 Å². The van der Waals surface area contributed by atoms with E-state index in [-0.39, 0.29) is 5.91 Å². The molecular weight excluding hydrogens is 270 g/mol. The number of amides is 1. The van der Waals surface area contributed by atoms with Gasteiger partial charge < -0.3 is 0 Å². The van der Waals surface area contributed by atoms with Gasteiger partial charge in [0.15, 0.2) is 0 Å². The molecular formula is C15H17N3OS. The van der Waals surface area contributed by atoms with Crippen LogP contribution >= 0.6 is 11.3 Å². The van der Waals surface area contributed by atoms with Crippen molar-refractivity contribution in [3.05, 3.63) is 40.9 Å². The summed E-state index contributed by atoms with van der Waals surface area (Å²) in [5, 5.41) is 10.8. The molecule has 104 valence electrons. The van der Waals surface area contributed by atoms with Crippen molar-refractivity contribution >= 4 is 22.4 Å². The van der Waals surface area contributed by atoms with E-state index < -0.39 is 0 Å². The molecule has 0 saturated heterocycles. The fourth-order valence-electron chi connectivity index (χ4n) is 2.74. The molecule has 1 aliphatic carbocycles. The highest BCUT2D eigenvalue weighted by Crippen LogP contribution is 2.32. The normalized spacial score (nSPS) is 16.0. The lowest BCUT2D eigenvalue weighted by Crippen LogP contribution is -2.12. The second-order valence-electron chi connectivity index (χ2n) is 5.15. The molecule has 0 bridgehead atoms. The number of aromatic nitrogens is 2. The SMILES string of the molecule is O=C(Nc1nncs1)c1ccc(C2CCCCC2)cc1. The second-order valence-corrected chi connectivity index (χ2v) is 5.99. The summed E-state index contributed by atoms with van der Waals surface area (Å²) in [7, 11) is 0. The van der Waals surface area contributed by atoms with Crippen LogP contribution in [0.5, 0.6) is 0 Å². The molecule has 4 nitrogen and oxygen atoms in total. The van der Waals surface area contributed by atoms with Crippen LogP contribution in [-0.4, -0.2) is 16.1 Å². The number of hydrogen-bond acceptors (Lipinski definition) is 4. The minimum Gasteiger partial charge on any atom is -0.296 e. The van der Waals surface area contributed by atoms with E-state index in [0.29, 0.717) is 16.6 Å². The molecule has 2 aromatic rings. The quantitative estimate of drug-likeness (QED) is 0.933. The molecule has 5 heteroatoms. The van der Waals surface area contributed by atoms with Crippen LogP contribution in [-0.2, 0) is 0 Å². The van der Waals surface area contributed by atoms with Crippen LogP contribution in [0.2, 0.25) is 0 Å². The third kappa shape index (κ3) is 3.04. The molecule has 3 rings (SSSR count). The summed E-state index contributed by atoms with van der Waals surface area (Å²) < 4.78 is 0. The average Bonchev–Trinajstić information content (AvgIpc) is 3.01. The van der Waals surface area contributed by atoms with Gasteiger partial charge in [0.25, 0.3) is 5.91 Å². The number of carbonyl (C=O) groups excluding carboxylic acids is 1. The number of carbonyl (C=O) groups is 1. The first kappa shape index (κ1) is 13.2. The first-order valence-corrected chi connectivity index (χ1v) is 7.88. The Bertz CT molecular complexity index is 559. The summed E-state index contributed by atoms with van der Waals surface area (Å²) in [4.78, 5) is 12.0. The highest BCUT2D eigenvalue weighted by atomic mass is 32.1. The van der Waals surface area contributed by atoms with E-state index in [2.05, 4.69) is 27.6 Å². The first-order chi connectivity index (χ1) is 9.83. The van der Waals surface area contributed by atoms with Gasteiger partial charge in [0.05, 0.1) is 0 Å². The van der Waals surface area contributed by atoms with Gasteiger partial charge in [-0.05, 0) is 36.5 Å². The Hall–Kier alpha value is -1.75. The molecule has 0 aliphatic heterocycles. The minimum absolute atomic E-state index is 0.128. The zero-order valence-electron chi connectivity index (χ0n) is 11.2. The van der Waals surface area contributed by atoms with Crippen molar-refractivity contribution in [3.63, 3.8) is 0 Å². The molecule has 1 aromatic carbocycles. The maximum Gasteiger partial charge on any atom is 0.257 e. The van der Waals surface area contributed by atoms with Crippen molar-refractivity contribution in [1.82, 2.24) is 10.2 Å². The smallest absolute Gasteiger partial charge is 0.257 e. The molecule has 0 atom stereocenters. The summed E-state index contributed by atoms with van der Waals surface area (Å²) in [6.07, 6.45) is 6.55. The Morgan fingerprint density at radius 2 is 1.90 bits per heavy atom. The second kappa shape index (κ2) is 6.13. The van der Waals surface area contributed by atoms with E-state index in [0.717, 1.165) is 0 Å². The first-order valence-electron chi connectivity index (χ1n) is 7.00. The van der Waals surface area contributed by atoms with Crippen molar-refractivity contribution in [2.24, 2.45) is 0 Å². The highest BCUT2D eigenvalue weighted by Gasteiger charge is 2.16. The van der Waals surface area contributed by atoms with Crippen LogP contribution < -0.4 is 5.32 Å². The summed E-state index contributed by atoms with van der Waals surface area (Å²) in [6.45, 7) is 0. The van der Waals surface area contributed by atoms with Crippen molar-refractivity contribution in [2.45, 2.75) is 38.0 Å². The molecule has 0 radical (unpaired) electrons. The lowest BCUT2D eigenvalue weighted by atomic mass is 9.84. The molecule has 1 saturated carbocycles. The summed E-state index contributed by atoms with van der Waals surface area (Å²) in [6, 6.07) is 7.98. The monoisotopic (exact) mass is 287 g/mol. The van der Waals surface area contributed by atoms with E-state index in [1.807, 2.05) is 12.1 Å². The fourth-order valence-corrected chi connectivity index (χ4v) is 3.18. The van der Waals surface area contributed by atoms with Gasteiger partial charge in [0.2, 0.25) is 5.13 Å². The maximum atomic E-state index is 12.0. The zero-order chi connectivity index (χ0) is 13.8. The highest BCUT2D eigenvalue weighted by molar-refractivity contribution is 7.13. The van der Waals surface area contributed by atoms with Crippen molar-refractivity contribution < 1.29 is 4.79 Å². The van der Waals surface area contributed by atoms with Crippen molar-refractivity contribution in [3.8, 4) is 0 Å². The van der Waals surface area contributed by atoms with E-state index in [1.165, 1.54) is 49.0 Å². The largest absolute Gasteiger partial charge is 0.296 e. The van der Waals surface area contributed by atoms with Crippen molar-refractivity contribution in [2.75, 3.05) is 5.32 Å². The van der Waals surface area contributed by atoms with Gasteiger partial charge >= 0.3 is 0 Å². The molecule has 1 N–H and O–H groups in total. The number of nitrogens with zero attached hydrogens (tertiary/aromatic N) is 2. The number of nitrogens with one attached hydrogen (secondary N) is 1. The summed E-state index contributed by atoms with van der Waals surface area (Å²) in [5.74, 6) is 0.543. The van der Waals surface area contributed by atoms with E-state index in [4.69, 9.17) is 0 Å². The third-order valence-corrected chi connectivity index (χ3v) is 4.44. The van der Waals surface area contributed by atoms with Crippen LogP contribution in [0.4, 0.5) is 5.13 Å². The van der Waals surface area contributed by atoms with Crippen LogP contribution in [0.1, 0.15) is 53.9 Å². The summed E-state index contributed by atoms with van der Waals surface area (Å²) in [5.41, 5.74) is 3.62. The van der Waals surface area contributed by atoms with Gasteiger partial charge in [-0.15, -0.1) is 10.2 Å². The van der Waals surface area contributed by atoms with Gasteiger partial charge in [-0.3, -0.25) is 10.1 Å². The molecule has 1 fully saturated rings. The standard InChI is InChI=1S/C15H17N3OS/c19-14(17-15-18-16-10-20-15)13-8-6-12(7-9-13)11-4-2-1-3-5-11/h6-11H,1-5H2,(H,17,18,19). The van der Waals surface area contributed by atoms with E-state index in [9.17, 15) is 4.79 Å². The fraction of sp³-hybridized carbons (Fsp3) is 0.400. The summed E-state index contributed by atoms with van der Waals surface area (Å²) >= 11 is 1.32. The maximum absolute atomic E-state index is 12.0. The molecule has 1 aliphatic rings. The topological polar surface area (TPSA) is 54.9 Å². The number of hydrogen-bond donors (Lipinski definition) is 1. The predicted molar refractivity (Wildman–Crippen MR) is 80.1 cm³/mol. The predicted octanol–water partition coefficient (Wildman–Crippen LogP) is 3.84. The Labute approximate surface area is 122 Å². The third-order valence-electron chi connectivity index (χ3n) is 3.83. The van der Waals surface area contributed by atoms with Crippen molar-refractivity contribution in [1.29, 1.82) is 0 Å². The van der Waals surface area contributed by atoms with Crippen LogP contribution in [0.15, 0.2) is 29.8 Å². The molecule has 0 unspecified atom stereocenters. The van der Waals surface area contributed by atoms with Crippen LogP contribution in [0, 0.1) is 0 Å². The van der Waals surface area contributed by atoms with Gasteiger partial charge in [0.1, 0.15) is 5.51 Å². The number of anilines is 1. The van der Waals surface area contributed by atoms with Crippen LogP contribution in [0.3, 0.4) is 0 Å². The molecule has 1 amide bonds. The molecule has 1 aromatic heterocycles. The Morgan fingerprint density at radius 3 is 2.55 bits per heavy atom. The molecule has 0 spiro atoms. The lowest BCUT2D eigenvalue weighted by molar-refractivity contribution is 0.102. The van der Waals surface area contributed by atoms with Gasteiger partial charge in [-0.25, -0.2) is 0 Å².